The number of nitrogens with one attached hydrogen (secondary N) is 1. The number of carbonyl (C=O) groups is 1. The van der Waals surface area contributed by atoms with Gasteiger partial charge in [-0.05, 0) is 62.7 Å². The Hall–Kier alpha value is -1.39. The van der Waals surface area contributed by atoms with Crippen LogP contribution in [0.3, 0.4) is 0 Å². The molecule has 132 valence electrons. The number of nitrogens with zero attached hydrogens (tertiary/aromatic N) is 1. The highest BCUT2D eigenvalue weighted by Crippen LogP contribution is 2.24. The monoisotopic (exact) mass is 330 g/mol. The second-order valence-corrected chi connectivity index (χ2v) is 7.42. The van der Waals surface area contributed by atoms with E-state index in [1.165, 1.54) is 43.5 Å². The number of hydrogen-bond acceptors (Lipinski definition) is 3. The molecule has 1 saturated carbocycles. The van der Waals surface area contributed by atoms with Crippen LogP contribution in [0.15, 0.2) is 24.3 Å². The first-order valence-corrected chi connectivity index (χ1v) is 9.47. The van der Waals surface area contributed by atoms with Crippen molar-refractivity contribution >= 4 is 5.97 Å². The van der Waals surface area contributed by atoms with Gasteiger partial charge in [-0.1, -0.05) is 30.7 Å². The summed E-state index contributed by atoms with van der Waals surface area (Å²) < 4.78 is 0. The van der Waals surface area contributed by atoms with Gasteiger partial charge >= 0.3 is 5.97 Å². The second kappa shape index (κ2) is 8.63. The third-order valence-corrected chi connectivity index (χ3v) is 5.55. The Balaban J connectivity index is 1.40. The van der Waals surface area contributed by atoms with E-state index >= 15 is 0 Å². The Morgan fingerprint density at radius 2 is 1.62 bits per heavy atom. The normalized spacial score (nSPS) is 25.5. The zero-order valence-electron chi connectivity index (χ0n) is 14.5. The van der Waals surface area contributed by atoms with Crippen molar-refractivity contribution in [3.05, 3.63) is 35.4 Å². The van der Waals surface area contributed by atoms with Gasteiger partial charge in [0.05, 0.1) is 5.92 Å². The average molecular weight is 330 g/mol. The largest absolute Gasteiger partial charge is 0.481 e. The van der Waals surface area contributed by atoms with Crippen LogP contribution in [0, 0.1) is 5.92 Å². The summed E-state index contributed by atoms with van der Waals surface area (Å²) in [6.45, 7) is 4.43. The van der Waals surface area contributed by atoms with Crippen LogP contribution < -0.4 is 5.32 Å². The van der Waals surface area contributed by atoms with E-state index in [4.69, 9.17) is 5.11 Å². The van der Waals surface area contributed by atoms with Crippen molar-refractivity contribution in [3.63, 3.8) is 0 Å². The van der Waals surface area contributed by atoms with E-state index < -0.39 is 5.97 Å². The van der Waals surface area contributed by atoms with Gasteiger partial charge in [0.25, 0.3) is 0 Å². The van der Waals surface area contributed by atoms with Crippen molar-refractivity contribution in [2.75, 3.05) is 13.1 Å². The SMILES string of the molecule is O=C(O)C1CCC(NCc2ccc(CN3CCCCC3)cc2)CC1. The summed E-state index contributed by atoms with van der Waals surface area (Å²) in [5.74, 6) is -0.755. The Morgan fingerprint density at radius 3 is 2.25 bits per heavy atom. The number of piperidine rings is 1. The fourth-order valence-corrected chi connectivity index (χ4v) is 3.94. The minimum absolute atomic E-state index is 0.128. The smallest absolute Gasteiger partial charge is 0.306 e. The third kappa shape index (κ3) is 5.05. The molecule has 0 unspecified atom stereocenters. The van der Waals surface area contributed by atoms with E-state index in [1.807, 2.05) is 0 Å². The second-order valence-electron chi connectivity index (χ2n) is 7.42. The molecule has 0 atom stereocenters. The maximum atomic E-state index is 11.0. The van der Waals surface area contributed by atoms with Crippen LogP contribution in [0.25, 0.3) is 0 Å². The predicted molar refractivity (Wildman–Crippen MR) is 95.8 cm³/mol. The lowest BCUT2D eigenvalue weighted by Gasteiger charge is -2.27. The molecule has 1 saturated heterocycles. The van der Waals surface area contributed by atoms with Gasteiger partial charge in [-0.3, -0.25) is 9.69 Å². The van der Waals surface area contributed by atoms with Crippen LogP contribution in [0.4, 0.5) is 0 Å². The van der Waals surface area contributed by atoms with Crippen LogP contribution in [-0.2, 0) is 17.9 Å². The highest BCUT2D eigenvalue weighted by molar-refractivity contribution is 5.70. The Bertz CT molecular complexity index is 515. The maximum Gasteiger partial charge on any atom is 0.306 e. The maximum absolute atomic E-state index is 11.0. The molecule has 1 aromatic rings. The predicted octanol–water partition coefficient (Wildman–Crippen LogP) is 3.41. The molecule has 2 N–H and O–H groups in total. The first kappa shape index (κ1) is 17.4. The van der Waals surface area contributed by atoms with Crippen LogP contribution in [0.5, 0.6) is 0 Å². The molecule has 4 heteroatoms. The van der Waals surface area contributed by atoms with Gasteiger partial charge in [-0.15, -0.1) is 0 Å². The lowest BCUT2D eigenvalue weighted by Crippen LogP contribution is -2.34. The molecule has 0 aromatic heterocycles. The first-order valence-electron chi connectivity index (χ1n) is 9.47. The van der Waals surface area contributed by atoms with Gasteiger partial charge in [-0.25, -0.2) is 0 Å². The van der Waals surface area contributed by atoms with Crippen molar-refractivity contribution < 1.29 is 9.90 Å². The highest BCUT2D eigenvalue weighted by Gasteiger charge is 2.25. The highest BCUT2D eigenvalue weighted by atomic mass is 16.4. The molecule has 24 heavy (non-hydrogen) atoms. The standard InChI is InChI=1S/C20H30N2O2/c23-20(24)18-8-10-19(11-9-18)21-14-16-4-6-17(7-5-16)15-22-12-2-1-3-13-22/h4-7,18-19,21H,1-3,8-15H2,(H,23,24). The van der Waals surface area contributed by atoms with E-state index in [1.54, 1.807) is 0 Å². The molecule has 0 amide bonds. The van der Waals surface area contributed by atoms with Crippen LogP contribution in [0.2, 0.25) is 0 Å². The minimum atomic E-state index is -0.627. The lowest BCUT2D eigenvalue weighted by atomic mass is 9.86. The first-order chi connectivity index (χ1) is 11.7. The Kier molecular flexibility index (Phi) is 6.27. The molecule has 3 rings (SSSR count). The summed E-state index contributed by atoms with van der Waals surface area (Å²) in [7, 11) is 0. The topological polar surface area (TPSA) is 52.6 Å². The number of aliphatic carboxylic acids is 1. The number of carboxylic acid groups (broad SMARTS) is 1. The fraction of sp³-hybridized carbons (Fsp3) is 0.650. The van der Waals surface area contributed by atoms with E-state index in [-0.39, 0.29) is 5.92 Å². The molecule has 0 bridgehead atoms. The summed E-state index contributed by atoms with van der Waals surface area (Å²) in [6, 6.07) is 9.44. The fourth-order valence-electron chi connectivity index (χ4n) is 3.94. The zero-order valence-corrected chi connectivity index (χ0v) is 14.5. The quantitative estimate of drug-likeness (QED) is 0.839. The van der Waals surface area contributed by atoms with Crippen molar-refractivity contribution in [2.24, 2.45) is 5.92 Å². The number of hydrogen-bond donors (Lipinski definition) is 2. The molecular weight excluding hydrogens is 300 g/mol. The van der Waals surface area contributed by atoms with Crippen molar-refractivity contribution in [2.45, 2.75) is 64.1 Å². The van der Waals surface area contributed by atoms with Gasteiger partial charge in [0, 0.05) is 19.1 Å². The third-order valence-electron chi connectivity index (χ3n) is 5.55. The Morgan fingerprint density at radius 1 is 1.00 bits per heavy atom. The lowest BCUT2D eigenvalue weighted by molar-refractivity contribution is -0.142. The van der Waals surface area contributed by atoms with E-state index in [9.17, 15) is 4.79 Å². The number of rotatable bonds is 6. The van der Waals surface area contributed by atoms with Crippen molar-refractivity contribution in [1.82, 2.24) is 10.2 Å². The van der Waals surface area contributed by atoms with Crippen LogP contribution >= 0.6 is 0 Å². The number of benzene rings is 1. The number of carboxylic acids is 1. The van der Waals surface area contributed by atoms with E-state index in [2.05, 4.69) is 34.5 Å². The summed E-state index contributed by atoms with van der Waals surface area (Å²) in [5.41, 5.74) is 2.72. The van der Waals surface area contributed by atoms with Gasteiger partial charge in [0.2, 0.25) is 0 Å². The molecule has 0 spiro atoms. The Labute approximate surface area is 145 Å². The molecular formula is C20H30N2O2. The van der Waals surface area contributed by atoms with Crippen molar-refractivity contribution in [3.8, 4) is 0 Å². The number of likely N-dealkylation sites (tertiary alicyclic amines) is 1. The summed E-state index contributed by atoms with van der Waals surface area (Å²) in [5, 5.41) is 12.6. The average Bonchev–Trinajstić information content (AvgIpc) is 2.62. The van der Waals surface area contributed by atoms with Crippen molar-refractivity contribution in [1.29, 1.82) is 0 Å². The molecule has 2 fully saturated rings. The van der Waals surface area contributed by atoms with E-state index in [0.717, 1.165) is 38.8 Å². The van der Waals surface area contributed by atoms with Gasteiger partial charge in [0.1, 0.15) is 0 Å². The summed E-state index contributed by atoms with van der Waals surface area (Å²) in [6.07, 6.45) is 7.63. The van der Waals surface area contributed by atoms with Gasteiger partial charge in [0.15, 0.2) is 0 Å². The molecule has 1 heterocycles. The van der Waals surface area contributed by atoms with E-state index in [0.29, 0.717) is 6.04 Å². The van der Waals surface area contributed by atoms with Crippen LogP contribution in [0.1, 0.15) is 56.1 Å². The summed E-state index contributed by atoms with van der Waals surface area (Å²) in [4.78, 5) is 13.5. The van der Waals surface area contributed by atoms with Crippen LogP contribution in [-0.4, -0.2) is 35.1 Å². The molecule has 1 aliphatic heterocycles. The molecule has 4 nitrogen and oxygen atoms in total. The molecule has 2 aliphatic rings. The molecule has 1 aromatic carbocycles. The van der Waals surface area contributed by atoms with Gasteiger partial charge in [-0.2, -0.15) is 0 Å². The molecule has 0 radical (unpaired) electrons. The van der Waals surface area contributed by atoms with Gasteiger partial charge < -0.3 is 10.4 Å². The minimum Gasteiger partial charge on any atom is -0.481 e. The summed E-state index contributed by atoms with van der Waals surface area (Å²) >= 11 is 0. The zero-order chi connectivity index (χ0) is 16.8. The molecule has 1 aliphatic carbocycles.